The van der Waals surface area contributed by atoms with Gasteiger partial charge in [-0.2, -0.15) is 0 Å². The molecule has 4 aromatic rings. The summed E-state index contributed by atoms with van der Waals surface area (Å²) in [5.74, 6) is 0.953. The predicted octanol–water partition coefficient (Wildman–Crippen LogP) is 7.12. The highest BCUT2D eigenvalue weighted by atomic mass is 35.5. The van der Waals surface area contributed by atoms with Crippen LogP contribution < -0.4 is 16.8 Å². The van der Waals surface area contributed by atoms with Gasteiger partial charge >= 0.3 is 6.09 Å². The lowest BCUT2D eigenvalue weighted by Gasteiger charge is -2.19. The van der Waals surface area contributed by atoms with E-state index >= 15 is 0 Å². The molecule has 1 aromatic heterocycles. The van der Waals surface area contributed by atoms with Crippen LogP contribution in [0.2, 0.25) is 5.02 Å². The van der Waals surface area contributed by atoms with E-state index in [9.17, 15) is 4.79 Å². The quantitative estimate of drug-likeness (QED) is 0.166. The number of carbonyl (C=O) groups excluding carboxylic acids is 1. The van der Waals surface area contributed by atoms with Crippen molar-refractivity contribution in [3.05, 3.63) is 94.3 Å². The van der Waals surface area contributed by atoms with E-state index in [0.717, 1.165) is 52.4 Å². The molecule has 0 fully saturated rings. The Balaban J connectivity index is 0.000000717. The normalized spacial score (nSPS) is 10.2. The molecule has 0 unspecified atom stereocenters. The Morgan fingerprint density at radius 2 is 1.52 bits per heavy atom. The number of nitrogens with one attached hydrogen (secondary N) is 2. The van der Waals surface area contributed by atoms with E-state index in [1.54, 1.807) is 0 Å². The highest BCUT2D eigenvalue weighted by molar-refractivity contribution is 6.31. The maximum absolute atomic E-state index is 11.3. The number of rotatable bonds is 7. The summed E-state index contributed by atoms with van der Waals surface area (Å²) >= 11 is 5.98. The molecule has 6 N–H and O–H groups in total. The fourth-order valence-electron chi connectivity index (χ4n) is 3.61. The van der Waals surface area contributed by atoms with Gasteiger partial charge in [0.1, 0.15) is 11.4 Å². The van der Waals surface area contributed by atoms with Crippen LogP contribution in [0.3, 0.4) is 0 Å². The number of aromatic amines is 1. The third-order valence-corrected chi connectivity index (χ3v) is 5.62. The number of hydrogen-bond donors (Lipinski definition) is 4. The van der Waals surface area contributed by atoms with Gasteiger partial charge in [-0.05, 0) is 87.2 Å². The molecular weight excluding hydrogens is 569 g/mol. The van der Waals surface area contributed by atoms with Crippen LogP contribution in [0.15, 0.2) is 66.7 Å². The zero-order valence-electron chi connectivity index (χ0n) is 22.5. The third kappa shape index (κ3) is 12.9. The van der Waals surface area contributed by atoms with Gasteiger partial charge in [-0.1, -0.05) is 55.4 Å². The smallest absolute Gasteiger partial charge is 0.407 e. The van der Waals surface area contributed by atoms with E-state index in [0.29, 0.717) is 13.1 Å². The number of nitrogen functional groups attached to an aromatic ring is 1. The Bertz CT molecular complexity index is 1290. The average Bonchev–Trinajstić information content (AvgIpc) is 3.22. The van der Waals surface area contributed by atoms with Crippen molar-refractivity contribution in [1.82, 2.24) is 15.3 Å². The molecule has 0 aliphatic rings. The number of benzene rings is 3. The third-order valence-electron chi connectivity index (χ3n) is 5.38. The van der Waals surface area contributed by atoms with Crippen molar-refractivity contribution in [1.29, 1.82) is 0 Å². The van der Waals surface area contributed by atoms with E-state index in [4.69, 9.17) is 27.8 Å². The Hall–Kier alpha value is -2.97. The molecule has 0 spiro atoms. The van der Waals surface area contributed by atoms with Gasteiger partial charge in [-0.3, -0.25) is 0 Å². The largest absolute Gasteiger partial charge is 0.444 e. The van der Waals surface area contributed by atoms with Crippen molar-refractivity contribution < 1.29 is 9.53 Å². The number of hydrogen-bond acceptors (Lipinski definition) is 5. The van der Waals surface area contributed by atoms with Crippen molar-refractivity contribution in [3.63, 3.8) is 0 Å². The molecule has 0 atom stereocenters. The fraction of sp³-hybridized carbons (Fsp3) is 0.333. The van der Waals surface area contributed by atoms with Crippen LogP contribution in [0.4, 0.5) is 10.5 Å². The summed E-state index contributed by atoms with van der Waals surface area (Å²) < 4.78 is 5.12. The van der Waals surface area contributed by atoms with E-state index in [2.05, 4.69) is 39.6 Å². The summed E-state index contributed by atoms with van der Waals surface area (Å²) in [7, 11) is 0. The monoisotopic (exact) mass is 609 g/mol. The standard InChI is InChI=1S/C16H16ClN3.C13H20N2O2.CH4.2ClH/c17-13-5-6-14-15(10-13)20-16(19-14)9-12-3-1-11(2-4-12)7-8-18;1-13(2,3)17-12(16)15-9-8-10-4-6-11(14)7-5-10;;;/h1-6,10H,7-9,18H2,(H,19,20);4-7H,8-9,14H2,1-3H3,(H,15,16);1H4;2*1H. The van der Waals surface area contributed by atoms with Crippen LogP contribution in [0, 0.1) is 0 Å². The molecule has 3 aromatic carbocycles. The van der Waals surface area contributed by atoms with Gasteiger partial charge in [0, 0.05) is 23.7 Å². The first-order valence-electron chi connectivity index (χ1n) is 12.3. The topological polar surface area (TPSA) is 119 Å². The molecule has 0 aliphatic heterocycles. The maximum atomic E-state index is 11.3. The first kappa shape index (κ1) is 37.0. The summed E-state index contributed by atoms with van der Waals surface area (Å²) in [4.78, 5) is 19.2. The molecule has 4 rings (SSSR count). The molecule has 220 valence electrons. The zero-order valence-corrected chi connectivity index (χ0v) is 24.9. The van der Waals surface area contributed by atoms with Gasteiger partial charge in [0.15, 0.2) is 0 Å². The number of alkyl carbamates (subject to hydrolysis) is 1. The van der Waals surface area contributed by atoms with Crippen LogP contribution in [0.25, 0.3) is 11.0 Å². The molecule has 10 heteroatoms. The van der Waals surface area contributed by atoms with Crippen molar-refractivity contribution in [3.8, 4) is 0 Å². The Kier molecular flexibility index (Phi) is 16.4. The number of H-pyrrole nitrogens is 1. The number of fused-ring (bicyclic) bond motifs is 1. The lowest BCUT2D eigenvalue weighted by atomic mass is 10.1. The first-order valence-corrected chi connectivity index (χ1v) is 12.7. The predicted molar refractivity (Wildman–Crippen MR) is 173 cm³/mol. The Morgan fingerprint density at radius 1 is 0.950 bits per heavy atom. The maximum Gasteiger partial charge on any atom is 0.407 e. The van der Waals surface area contributed by atoms with Crippen LogP contribution in [-0.4, -0.2) is 34.8 Å². The van der Waals surface area contributed by atoms with E-state index in [1.165, 1.54) is 11.1 Å². The molecule has 0 bridgehead atoms. The van der Waals surface area contributed by atoms with E-state index < -0.39 is 5.60 Å². The minimum atomic E-state index is -0.453. The first-order chi connectivity index (χ1) is 17.6. The van der Waals surface area contributed by atoms with E-state index in [-0.39, 0.29) is 38.3 Å². The Morgan fingerprint density at radius 3 is 2.12 bits per heavy atom. The molecular formula is C30H42Cl3N5O2. The molecule has 7 nitrogen and oxygen atoms in total. The van der Waals surface area contributed by atoms with Gasteiger partial charge in [-0.25, -0.2) is 9.78 Å². The number of halogens is 3. The lowest BCUT2D eigenvalue weighted by Crippen LogP contribution is -2.33. The molecule has 40 heavy (non-hydrogen) atoms. The second-order valence-electron chi connectivity index (χ2n) is 9.80. The summed E-state index contributed by atoms with van der Waals surface area (Å²) in [6, 6.07) is 21.8. The second kappa shape index (κ2) is 17.7. The highest BCUT2D eigenvalue weighted by Gasteiger charge is 2.15. The SMILES string of the molecule is C.CC(C)(C)OC(=O)NCCc1ccc(N)cc1.Cl.Cl.NCCc1ccc(Cc2nc3ccc(Cl)cc3[nH]2)cc1. The molecule has 1 amide bonds. The number of imidazole rings is 1. The number of amides is 1. The van der Waals surface area contributed by atoms with Gasteiger partial charge in [0.2, 0.25) is 0 Å². The van der Waals surface area contributed by atoms with Crippen LogP contribution in [0.1, 0.15) is 50.7 Å². The van der Waals surface area contributed by atoms with Crippen molar-refractivity contribution >= 4 is 59.2 Å². The van der Waals surface area contributed by atoms with Gasteiger partial charge in [0.05, 0.1) is 11.0 Å². The zero-order chi connectivity index (χ0) is 26.8. The van der Waals surface area contributed by atoms with Crippen molar-refractivity contribution in [2.75, 3.05) is 18.8 Å². The molecule has 0 saturated heterocycles. The molecule has 0 radical (unpaired) electrons. The summed E-state index contributed by atoms with van der Waals surface area (Å²) in [5.41, 5.74) is 17.0. The number of aromatic nitrogens is 2. The van der Waals surface area contributed by atoms with E-state index in [1.807, 2.05) is 63.2 Å². The number of nitrogens with two attached hydrogens (primary N) is 2. The van der Waals surface area contributed by atoms with Gasteiger partial charge < -0.3 is 26.5 Å². The number of carbonyl (C=O) groups is 1. The molecule has 1 heterocycles. The van der Waals surface area contributed by atoms with Crippen LogP contribution >= 0.6 is 36.4 Å². The van der Waals surface area contributed by atoms with Gasteiger partial charge in [0.25, 0.3) is 0 Å². The van der Waals surface area contributed by atoms with Crippen molar-refractivity contribution in [2.24, 2.45) is 5.73 Å². The number of ether oxygens (including phenoxy) is 1. The highest BCUT2D eigenvalue weighted by Crippen LogP contribution is 2.18. The number of anilines is 1. The Labute approximate surface area is 255 Å². The summed E-state index contributed by atoms with van der Waals surface area (Å²) in [5, 5.41) is 3.43. The van der Waals surface area contributed by atoms with Crippen LogP contribution in [0.5, 0.6) is 0 Å². The second-order valence-corrected chi connectivity index (χ2v) is 10.2. The summed E-state index contributed by atoms with van der Waals surface area (Å²) in [6.07, 6.45) is 2.09. The van der Waals surface area contributed by atoms with Crippen LogP contribution in [-0.2, 0) is 24.0 Å². The minimum Gasteiger partial charge on any atom is -0.444 e. The van der Waals surface area contributed by atoms with Crippen molar-refractivity contribution in [2.45, 2.75) is 53.1 Å². The minimum absolute atomic E-state index is 0. The lowest BCUT2D eigenvalue weighted by molar-refractivity contribution is 0.0528. The molecule has 0 aliphatic carbocycles. The summed E-state index contributed by atoms with van der Waals surface area (Å²) in [6.45, 7) is 6.76. The fourth-order valence-corrected chi connectivity index (χ4v) is 3.78. The number of nitrogens with zero attached hydrogens (tertiary/aromatic N) is 1. The average molecular weight is 611 g/mol. The van der Waals surface area contributed by atoms with Gasteiger partial charge in [-0.15, -0.1) is 24.8 Å². The molecule has 0 saturated carbocycles.